The van der Waals surface area contributed by atoms with Gasteiger partial charge in [-0.15, -0.1) is 4.73 Å². The maximum atomic E-state index is 12.1. The molecule has 1 N–H and O–H groups in total. The first kappa shape index (κ1) is 15.8. The summed E-state index contributed by atoms with van der Waals surface area (Å²) >= 11 is 0. The van der Waals surface area contributed by atoms with E-state index in [9.17, 15) is 10.0 Å². The molecule has 2 rings (SSSR count). The van der Waals surface area contributed by atoms with Crippen LogP contribution >= 0.6 is 0 Å². The van der Waals surface area contributed by atoms with E-state index in [-0.39, 0.29) is 18.4 Å². The van der Waals surface area contributed by atoms with Gasteiger partial charge in [-0.2, -0.15) is 0 Å². The summed E-state index contributed by atoms with van der Waals surface area (Å²) in [6, 6.07) is 10.8. The zero-order valence-electron chi connectivity index (χ0n) is 12.8. The van der Waals surface area contributed by atoms with Crippen molar-refractivity contribution < 1.29 is 14.3 Å². The zero-order chi connectivity index (χ0) is 15.9. The quantitative estimate of drug-likeness (QED) is 0.658. The van der Waals surface area contributed by atoms with Gasteiger partial charge in [0.15, 0.2) is 12.8 Å². The fourth-order valence-electron chi connectivity index (χ4n) is 2.24. The molecule has 0 saturated heterocycles. The Hall–Kier alpha value is -2.56. The summed E-state index contributed by atoms with van der Waals surface area (Å²) in [5, 5.41) is 14.3. The highest BCUT2D eigenvalue weighted by atomic mass is 16.6. The van der Waals surface area contributed by atoms with Gasteiger partial charge < -0.3 is 15.3 Å². The topological polar surface area (TPSA) is 65.3 Å². The van der Waals surface area contributed by atoms with Gasteiger partial charge in [0.25, 0.3) is 5.91 Å². The highest BCUT2D eigenvalue weighted by molar-refractivity contribution is 5.93. The number of nitrogens with one attached hydrogen (secondary N) is 1. The van der Waals surface area contributed by atoms with Gasteiger partial charge in [-0.05, 0) is 30.0 Å². The van der Waals surface area contributed by atoms with Crippen LogP contribution in [0.25, 0.3) is 0 Å². The van der Waals surface area contributed by atoms with Crippen LogP contribution in [0.5, 0.6) is 5.88 Å². The van der Waals surface area contributed by atoms with Crippen molar-refractivity contribution in [2.45, 2.75) is 26.7 Å². The number of ether oxygens (including phenoxy) is 1. The Kier molecular flexibility index (Phi) is 5.36. The Labute approximate surface area is 130 Å². The highest BCUT2D eigenvalue weighted by Gasteiger charge is 2.12. The minimum atomic E-state index is -0.278. The summed E-state index contributed by atoms with van der Waals surface area (Å²) in [5.74, 6) is -0.170. The molecule has 1 aromatic heterocycles. The van der Waals surface area contributed by atoms with Crippen LogP contribution in [-0.2, 0) is 17.6 Å². The predicted octanol–water partition coefficient (Wildman–Crippen LogP) is 2.46. The largest absolute Gasteiger partial charge is 0.616 e. The van der Waals surface area contributed by atoms with E-state index in [1.807, 2.05) is 32.0 Å². The first-order valence-corrected chi connectivity index (χ1v) is 7.37. The van der Waals surface area contributed by atoms with Crippen LogP contribution in [0.3, 0.4) is 0 Å². The van der Waals surface area contributed by atoms with Crippen LogP contribution in [-0.4, -0.2) is 12.5 Å². The molecule has 0 atom stereocenters. The third-order valence-corrected chi connectivity index (χ3v) is 3.40. The molecular weight excluding hydrogens is 280 g/mol. The Morgan fingerprint density at radius 3 is 2.41 bits per heavy atom. The maximum Gasteiger partial charge on any atom is 0.379 e. The minimum Gasteiger partial charge on any atom is -0.616 e. The fraction of sp³-hybridized carbons (Fsp3) is 0.294. The molecule has 2 aromatic rings. The number of carbonyl (C=O) groups excluding carboxylic acids is 1. The van der Waals surface area contributed by atoms with Crippen molar-refractivity contribution in [1.29, 1.82) is 0 Å². The van der Waals surface area contributed by atoms with E-state index >= 15 is 0 Å². The maximum absolute atomic E-state index is 12.1. The van der Waals surface area contributed by atoms with Crippen molar-refractivity contribution in [2.75, 3.05) is 11.9 Å². The SMILES string of the molecule is CCc1cccc(CC)c1NC(=O)COc1cccc[n+]1[O-]. The first-order valence-electron chi connectivity index (χ1n) is 7.37. The van der Waals surface area contributed by atoms with Crippen molar-refractivity contribution in [2.24, 2.45) is 0 Å². The number of rotatable bonds is 6. The molecule has 22 heavy (non-hydrogen) atoms. The zero-order valence-corrected chi connectivity index (χ0v) is 12.8. The monoisotopic (exact) mass is 300 g/mol. The Bertz CT molecular complexity index is 634. The predicted molar refractivity (Wildman–Crippen MR) is 84.7 cm³/mol. The van der Waals surface area contributed by atoms with Crippen molar-refractivity contribution >= 4 is 11.6 Å². The lowest BCUT2D eigenvalue weighted by Gasteiger charge is -2.14. The van der Waals surface area contributed by atoms with Gasteiger partial charge in [0.2, 0.25) is 0 Å². The molecular formula is C17H20N2O3. The van der Waals surface area contributed by atoms with Gasteiger partial charge >= 0.3 is 5.88 Å². The summed E-state index contributed by atoms with van der Waals surface area (Å²) in [5.41, 5.74) is 3.03. The summed E-state index contributed by atoms with van der Waals surface area (Å²) in [6.45, 7) is 3.89. The molecule has 0 aliphatic heterocycles. The molecule has 116 valence electrons. The van der Waals surface area contributed by atoms with Gasteiger partial charge in [0.05, 0.1) is 6.07 Å². The Morgan fingerprint density at radius 2 is 1.82 bits per heavy atom. The second kappa shape index (κ2) is 7.45. The lowest BCUT2D eigenvalue weighted by atomic mass is 10.0. The lowest BCUT2D eigenvalue weighted by Crippen LogP contribution is -2.31. The van der Waals surface area contributed by atoms with Gasteiger partial charge in [-0.3, -0.25) is 4.79 Å². The molecule has 0 saturated carbocycles. The number of amides is 1. The van der Waals surface area contributed by atoms with Crippen molar-refractivity contribution in [3.05, 3.63) is 58.9 Å². The van der Waals surface area contributed by atoms with Crippen molar-refractivity contribution in [3.63, 3.8) is 0 Å². The molecule has 0 unspecified atom stereocenters. The van der Waals surface area contributed by atoms with E-state index in [4.69, 9.17) is 4.74 Å². The second-order valence-electron chi connectivity index (χ2n) is 4.86. The third-order valence-electron chi connectivity index (χ3n) is 3.40. The summed E-state index contributed by atoms with van der Waals surface area (Å²) in [6.07, 6.45) is 3.00. The van der Waals surface area contributed by atoms with Gasteiger partial charge in [-0.1, -0.05) is 32.0 Å². The second-order valence-corrected chi connectivity index (χ2v) is 4.86. The average molecular weight is 300 g/mol. The average Bonchev–Trinajstić information content (AvgIpc) is 2.54. The molecule has 1 amide bonds. The van der Waals surface area contributed by atoms with Crippen molar-refractivity contribution in [3.8, 4) is 5.88 Å². The lowest BCUT2D eigenvalue weighted by molar-refractivity contribution is -0.612. The highest BCUT2D eigenvalue weighted by Crippen LogP contribution is 2.22. The van der Waals surface area contributed by atoms with Crippen LogP contribution in [0, 0.1) is 5.21 Å². The number of aromatic nitrogens is 1. The van der Waals surface area contributed by atoms with E-state index in [2.05, 4.69) is 5.32 Å². The number of nitrogens with zero attached hydrogens (tertiary/aromatic N) is 1. The summed E-state index contributed by atoms with van der Waals surface area (Å²) in [4.78, 5) is 12.1. The van der Waals surface area contributed by atoms with Crippen LogP contribution < -0.4 is 14.8 Å². The molecule has 0 aliphatic rings. The molecule has 0 radical (unpaired) electrons. The normalized spacial score (nSPS) is 10.3. The van der Waals surface area contributed by atoms with Crippen molar-refractivity contribution in [1.82, 2.24) is 0 Å². The fourth-order valence-corrected chi connectivity index (χ4v) is 2.24. The van der Waals surface area contributed by atoms with Gasteiger partial charge in [0.1, 0.15) is 0 Å². The van der Waals surface area contributed by atoms with Crippen LogP contribution in [0.1, 0.15) is 25.0 Å². The number of carbonyl (C=O) groups is 1. The number of hydrogen-bond donors (Lipinski definition) is 1. The number of benzene rings is 1. The molecule has 1 heterocycles. The van der Waals surface area contributed by atoms with E-state index in [0.29, 0.717) is 4.73 Å². The Balaban J connectivity index is 2.05. The number of anilines is 1. The summed E-state index contributed by atoms with van der Waals surface area (Å²) < 4.78 is 5.84. The molecule has 5 heteroatoms. The molecule has 5 nitrogen and oxygen atoms in total. The Morgan fingerprint density at radius 1 is 1.14 bits per heavy atom. The van der Waals surface area contributed by atoms with E-state index in [1.165, 1.54) is 12.3 Å². The van der Waals surface area contributed by atoms with E-state index < -0.39 is 0 Å². The van der Waals surface area contributed by atoms with Gasteiger partial charge in [0, 0.05) is 11.8 Å². The van der Waals surface area contributed by atoms with E-state index in [0.717, 1.165) is 29.7 Å². The molecule has 0 fully saturated rings. The summed E-state index contributed by atoms with van der Waals surface area (Å²) in [7, 11) is 0. The molecule has 0 aliphatic carbocycles. The smallest absolute Gasteiger partial charge is 0.379 e. The standard InChI is InChI=1S/C17H20N2O3/c1-3-13-8-7-9-14(4-2)17(13)18-15(20)12-22-16-10-5-6-11-19(16)21/h5-11H,3-4,12H2,1-2H3,(H,18,20). The van der Waals surface area contributed by atoms with E-state index in [1.54, 1.807) is 12.1 Å². The number of pyridine rings is 1. The first-order chi connectivity index (χ1) is 10.7. The molecule has 0 bridgehead atoms. The number of para-hydroxylation sites is 1. The minimum absolute atomic E-state index is 0.108. The third kappa shape index (κ3) is 3.75. The van der Waals surface area contributed by atoms with Crippen LogP contribution in [0.4, 0.5) is 5.69 Å². The van der Waals surface area contributed by atoms with Gasteiger partial charge in [-0.25, -0.2) is 0 Å². The van der Waals surface area contributed by atoms with Crippen LogP contribution in [0.15, 0.2) is 42.6 Å². The van der Waals surface area contributed by atoms with Crippen LogP contribution in [0.2, 0.25) is 0 Å². The molecule has 1 aromatic carbocycles. The molecule has 0 spiro atoms. The number of aryl methyl sites for hydroxylation is 2. The number of hydrogen-bond acceptors (Lipinski definition) is 3.